The quantitative estimate of drug-likeness (QED) is 0.376. The first-order valence-electron chi connectivity index (χ1n) is 9.64. The highest BCUT2D eigenvalue weighted by molar-refractivity contribution is 6.35. The number of hydrogen-bond donors (Lipinski definition) is 1. The van der Waals surface area contributed by atoms with Crippen molar-refractivity contribution >= 4 is 35.6 Å². The van der Waals surface area contributed by atoms with Crippen LogP contribution in [0.3, 0.4) is 0 Å². The van der Waals surface area contributed by atoms with Gasteiger partial charge in [-0.1, -0.05) is 35.3 Å². The van der Waals surface area contributed by atoms with Gasteiger partial charge in [0.25, 0.3) is 0 Å². The van der Waals surface area contributed by atoms with Crippen molar-refractivity contribution in [3.8, 4) is 11.5 Å². The van der Waals surface area contributed by atoms with E-state index < -0.39 is 0 Å². The summed E-state index contributed by atoms with van der Waals surface area (Å²) in [5, 5.41) is 4.63. The molecule has 0 heterocycles. The number of halogens is 3. The molecule has 2 rings (SSSR count). The highest BCUT2D eigenvalue weighted by atomic mass is 35.5. The number of ether oxygens (including phenoxy) is 3. The fourth-order valence-corrected chi connectivity index (χ4v) is 3.06. The topological polar surface area (TPSA) is 39.7 Å². The summed E-state index contributed by atoms with van der Waals surface area (Å²) in [6.07, 6.45) is 1.27. The standard InChI is InChI=1S/C22H29Cl2NO3.ClH/c1-4-26-22-12-17(14-25-10-5-11-27-16(2)3)6-9-21(22)28-15-18-7-8-19(23)13-20(18)24;/h6-9,12-13,16,25H,4-5,10-11,14-15H2,1-3H3;1H. The van der Waals surface area contributed by atoms with Gasteiger partial charge in [-0.15, -0.1) is 12.4 Å². The minimum Gasteiger partial charge on any atom is -0.490 e. The Hall–Kier alpha value is -1.17. The van der Waals surface area contributed by atoms with Crippen LogP contribution in [0.25, 0.3) is 0 Å². The van der Waals surface area contributed by atoms with Crippen LogP contribution in [0, 0.1) is 0 Å². The molecule has 7 heteroatoms. The predicted octanol–water partition coefficient (Wildman–Crippen LogP) is 6.30. The highest BCUT2D eigenvalue weighted by Crippen LogP contribution is 2.30. The number of hydrogen-bond acceptors (Lipinski definition) is 4. The Kier molecular flexibility index (Phi) is 12.4. The predicted molar refractivity (Wildman–Crippen MR) is 123 cm³/mol. The molecule has 0 aliphatic rings. The molecule has 0 fully saturated rings. The van der Waals surface area contributed by atoms with E-state index in [9.17, 15) is 0 Å². The van der Waals surface area contributed by atoms with Crippen molar-refractivity contribution in [2.45, 2.75) is 46.4 Å². The lowest BCUT2D eigenvalue weighted by Crippen LogP contribution is -2.17. The Bertz CT molecular complexity index is 741. The summed E-state index contributed by atoms with van der Waals surface area (Å²) in [6, 6.07) is 11.4. The second-order valence-electron chi connectivity index (χ2n) is 6.69. The Morgan fingerprint density at radius 3 is 2.48 bits per heavy atom. The van der Waals surface area contributed by atoms with Crippen LogP contribution in [0.5, 0.6) is 11.5 Å². The molecular formula is C22H30Cl3NO3. The molecule has 162 valence electrons. The second-order valence-corrected chi connectivity index (χ2v) is 7.53. The molecule has 0 aliphatic carbocycles. The van der Waals surface area contributed by atoms with Crippen LogP contribution in [0.2, 0.25) is 10.0 Å². The second kappa shape index (κ2) is 13.9. The van der Waals surface area contributed by atoms with Crippen LogP contribution in [-0.4, -0.2) is 25.9 Å². The third-order valence-corrected chi connectivity index (χ3v) is 4.57. The summed E-state index contributed by atoms with van der Waals surface area (Å²) < 4.78 is 17.2. The van der Waals surface area contributed by atoms with E-state index in [1.54, 1.807) is 12.1 Å². The first-order valence-corrected chi connectivity index (χ1v) is 10.4. The Labute approximate surface area is 190 Å². The van der Waals surface area contributed by atoms with E-state index in [0.29, 0.717) is 29.0 Å². The van der Waals surface area contributed by atoms with Crippen LogP contribution >= 0.6 is 35.6 Å². The minimum atomic E-state index is 0. The van der Waals surface area contributed by atoms with Gasteiger partial charge in [-0.05, 0) is 63.6 Å². The van der Waals surface area contributed by atoms with Crippen molar-refractivity contribution in [3.05, 3.63) is 57.6 Å². The van der Waals surface area contributed by atoms with E-state index in [2.05, 4.69) is 5.32 Å². The van der Waals surface area contributed by atoms with Crippen LogP contribution in [0.1, 0.15) is 38.3 Å². The zero-order chi connectivity index (χ0) is 20.4. The molecule has 2 aromatic rings. The lowest BCUT2D eigenvalue weighted by Gasteiger charge is -2.14. The normalized spacial score (nSPS) is 10.7. The lowest BCUT2D eigenvalue weighted by molar-refractivity contribution is 0.0770. The fourth-order valence-electron chi connectivity index (χ4n) is 2.59. The summed E-state index contributed by atoms with van der Waals surface area (Å²) in [4.78, 5) is 0. The monoisotopic (exact) mass is 461 g/mol. The third-order valence-electron chi connectivity index (χ3n) is 3.98. The molecule has 0 bridgehead atoms. The molecule has 0 unspecified atom stereocenters. The van der Waals surface area contributed by atoms with Crippen molar-refractivity contribution in [2.75, 3.05) is 19.8 Å². The fraction of sp³-hybridized carbons (Fsp3) is 0.455. The van der Waals surface area contributed by atoms with E-state index in [-0.39, 0.29) is 18.5 Å². The van der Waals surface area contributed by atoms with Gasteiger partial charge in [0.2, 0.25) is 0 Å². The zero-order valence-electron chi connectivity index (χ0n) is 17.2. The van der Waals surface area contributed by atoms with E-state index in [0.717, 1.165) is 43.0 Å². The van der Waals surface area contributed by atoms with Crippen LogP contribution in [0.15, 0.2) is 36.4 Å². The van der Waals surface area contributed by atoms with E-state index in [1.807, 2.05) is 45.0 Å². The molecule has 1 N–H and O–H groups in total. The van der Waals surface area contributed by atoms with Gasteiger partial charge in [-0.25, -0.2) is 0 Å². The van der Waals surface area contributed by atoms with Gasteiger partial charge in [0.05, 0.1) is 12.7 Å². The minimum absolute atomic E-state index is 0. The average molecular weight is 463 g/mol. The molecule has 0 amide bonds. The molecule has 0 atom stereocenters. The molecule has 4 nitrogen and oxygen atoms in total. The SMILES string of the molecule is CCOc1cc(CNCCCOC(C)C)ccc1OCc1ccc(Cl)cc1Cl.Cl. The van der Waals surface area contributed by atoms with Crippen LogP contribution in [-0.2, 0) is 17.9 Å². The Balaban J connectivity index is 0.00000420. The molecule has 0 aliphatic heterocycles. The van der Waals surface area contributed by atoms with Crippen molar-refractivity contribution in [3.63, 3.8) is 0 Å². The summed E-state index contributed by atoms with van der Waals surface area (Å²) >= 11 is 12.2. The average Bonchev–Trinajstić information content (AvgIpc) is 2.65. The van der Waals surface area contributed by atoms with Gasteiger partial charge < -0.3 is 19.5 Å². The smallest absolute Gasteiger partial charge is 0.161 e. The molecular weight excluding hydrogens is 433 g/mol. The Morgan fingerprint density at radius 2 is 1.79 bits per heavy atom. The Morgan fingerprint density at radius 1 is 1.00 bits per heavy atom. The van der Waals surface area contributed by atoms with Gasteiger partial charge >= 0.3 is 0 Å². The van der Waals surface area contributed by atoms with Crippen molar-refractivity contribution in [1.82, 2.24) is 5.32 Å². The van der Waals surface area contributed by atoms with Gasteiger partial charge in [0.15, 0.2) is 11.5 Å². The molecule has 0 spiro atoms. The summed E-state index contributed by atoms with van der Waals surface area (Å²) in [7, 11) is 0. The van der Waals surface area contributed by atoms with Gasteiger partial charge in [-0.3, -0.25) is 0 Å². The number of rotatable bonds is 12. The maximum atomic E-state index is 6.22. The van der Waals surface area contributed by atoms with Crippen LogP contribution in [0.4, 0.5) is 0 Å². The summed E-state index contributed by atoms with van der Waals surface area (Å²) in [5.74, 6) is 1.43. The molecule has 0 aromatic heterocycles. The first-order chi connectivity index (χ1) is 13.5. The maximum Gasteiger partial charge on any atom is 0.161 e. The van der Waals surface area contributed by atoms with Gasteiger partial charge in [0.1, 0.15) is 6.61 Å². The third kappa shape index (κ3) is 9.45. The summed E-state index contributed by atoms with van der Waals surface area (Å²) in [5.41, 5.74) is 2.02. The molecule has 29 heavy (non-hydrogen) atoms. The molecule has 0 radical (unpaired) electrons. The van der Waals surface area contributed by atoms with E-state index >= 15 is 0 Å². The molecule has 2 aromatic carbocycles. The van der Waals surface area contributed by atoms with Crippen molar-refractivity contribution < 1.29 is 14.2 Å². The summed E-state index contributed by atoms with van der Waals surface area (Å²) in [6.45, 7) is 9.43. The number of benzene rings is 2. The van der Waals surface area contributed by atoms with Crippen molar-refractivity contribution in [2.24, 2.45) is 0 Å². The van der Waals surface area contributed by atoms with Crippen LogP contribution < -0.4 is 14.8 Å². The zero-order valence-corrected chi connectivity index (χ0v) is 19.5. The van der Waals surface area contributed by atoms with E-state index in [1.165, 1.54) is 0 Å². The highest BCUT2D eigenvalue weighted by Gasteiger charge is 2.09. The largest absolute Gasteiger partial charge is 0.490 e. The van der Waals surface area contributed by atoms with E-state index in [4.69, 9.17) is 37.4 Å². The van der Waals surface area contributed by atoms with Crippen molar-refractivity contribution in [1.29, 1.82) is 0 Å². The lowest BCUT2D eigenvalue weighted by atomic mass is 10.2. The molecule has 0 saturated heterocycles. The van der Waals surface area contributed by atoms with Gasteiger partial charge in [0, 0.05) is 28.8 Å². The molecule has 0 saturated carbocycles. The first kappa shape index (κ1) is 25.9. The maximum absolute atomic E-state index is 6.22. The van der Waals surface area contributed by atoms with Gasteiger partial charge in [-0.2, -0.15) is 0 Å². The number of nitrogens with one attached hydrogen (secondary N) is 1.